The topological polar surface area (TPSA) is 53.7 Å². The number of hydrogen-bond donors (Lipinski definition) is 1. The summed E-state index contributed by atoms with van der Waals surface area (Å²) >= 11 is 0. The van der Waals surface area contributed by atoms with Crippen molar-refractivity contribution in [2.75, 3.05) is 21.3 Å². The molecule has 0 aliphatic heterocycles. The highest BCUT2D eigenvalue weighted by atomic mass is 28.4. The first kappa shape index (κ1) is 15.0. The summed E-state index contributed by atoms with van der Waals surface area (Å²) in [6, 6.07) is 10.0. The third kappa shape index (κ3) is 5.79. The van der Waals surface area contributed by atoms with Crippen LogP contribution in [0, 0.1) is 0 Å². The molecule has 4 nitrogen and oxygen atoms in total. The van der Waals surface area contributed by atoms with E-state index in [0.29, 0.717) is 0 Å². The fraction of sp³-hybridized carbons (Fsp3) is 0.273. The molecule has 2 N–H and O–H groups in total. The van der Waals surface area contributed by atoms with Gasteiger partial charge in [0.05, 0.1) is 0 Å². The zero-order valence-electron chi connectivity index (χ0n) is 9.97. The van der Waals surface area contributed by atoms with E-state index in [1.54, 1.807) is 0 Å². The first-order valence-corrected chi connectivity index (χ1v) is 6.54. The molecule has 16 heavy (non-hydrogen) atoms. The van der Waals surface area contributed by atoms with Gasteiger partial charge in [0.25, 0.3) is 0 Å². The van der Waals surface area contributed by atoms with Crippen molar-refractivity contribution in [1.82, 2.24) is 0 Å². The lowest BCUT2D eigenvalue weighted by Gasteiger charge is -2.17. The van der Waals surface area contributed by atoms with E-state index in [-0.39, 0.29) is 0 Å². The summed E-state index contributed by atoms with van der Waals surface area (Å²) in [6.07, 6.45) is 1.83. The van der Waals surface area contributed by atoms with Crippen molar-refractivity contribution in [2.45, 2.75) is 0 Å². The molecule has 5 heteroatoms. The van der Waals surface area contributed by atoms with Crippen LogP contribution in [0.15, 0.2) is 36.9 Å². The van der Waals surface area contributed by atoms with E-state index < -0.39 is 8.97 Å². The molecule has 0 aromatic heterocycles. The van der Waals surface area contributed by atoms with Gasteiger partial charge in [0.2, 0.25) is 0 Å². The van der Waals surface area contributed by atoms with E-state index in [4.69, 9.17) is 18.7 Å². The quantitative estimate of drug-likeness (QED) is 0.814. The maximum atomic E-state index is 5.37. The number of nitrogens with two attached hydrogens (primary N) is 1. The Kier molecular flexibility index (Phi) is 7.70. The molecule has 0 bridgehead atoms. The third-order valence-electron chi connectivity index (χ3n) is 1.89. The Morgan fingerprint density at radius 3 is 1.69 bits per heavy atom. The maximum absolute atomic E-state index is 5.37. The second kappa shape index (κ2) is 8.20. The summed E-state index contributed by atoms with van der Waals surface area (Å²) < 4.78 is 14.1. The smallest absolute Gasteiger partial charge is 0.365 e. The van der Waals surface area contributed by atoms with Crippen LogP contribution < -0.4 is 5.40 Å². The first-order valence-electron chi connectivity index (χ1n) is 4.73. The number of hydrogen-bond acceptors (Lipinski definition) is 4. The number of benzene rings is 1. The molecule has 1 rings (SSSR count). The Hall–Kier alpha value is -0.983. The lowest BCUT2D eigenvalue weighted by atomic mass is 10.2. The Bertz CT molecular complexity index is 280. The van der Waals surface area contributed by atoms with E-state index in [0.717, 1.165) is 0 Å². The fourth-order valence-corrected chi connectivity index (χ4v) is 1.34. The van der Waals surface area contributed by atoms with Crippen molar-refractivity contribution >= 4 is 15.0 Å². The summed E-state index contributed by atoms with van der Waals surface area (Å²) in [7, 11) is 1.70. The van der Waals surface area contributed by atoms with Gasteiger partial charge in [0.15, 0.2) is 0 Å². The molecule has 0 radical (unpaired) electrons. The highest BCUT2D eigenvalue weighted by Gasteiger charge is 2.32. The Morgan fingerprint density at radius 1 is 1.06 bits per heavy atom. The predicted molar refractivity (Wildman–Crippen MR) is 67.5 cm³/mol. The fourth-order valence-electron chi connectivity index (χ4n) is 0.839. The molecule has 0 atom stereocenters. The lowest BCUT2D eigenvalue weighted by molar-refractivity contribution is 0.125. The van der Waals surface area contributed by atoms with Crippen molar-refractivity contribution in [2.24, 2.45) is 5.40 Å². The Labute approximate surface area is 98.1 Å². The van der Waals surface area contributed by atoms with Gasteiger partial charge in [0, 0.05) is 21.3 Å². The van der Waals surface area contributed by atoms with Crippen LogP contribution in [0.3, 0.4) is 0 Å². The van der Waals surface area contributed by atoms with E-state index >= 15 is 0 Å². The standard InChI is InChI=1S/C8H8.C3H11NO3Si/c1-2-8-6-4-3-5-7-8;1-5-8(4,6-2)7-3/h2-7H,1H2;4H2,1-3H3. The molecule has 0 amide bonds. The first-order chi connectivity index (χ1) is 7.61. The van der Waals surface area contributed by atoms with Crippen LogP contribution in [-0.2, 0) is 13.3 Å². The van der Waals surface area contributed by atoms with Crippen LogP contribution in [0.1, 0.15) is 5.56 Å². The SMILES string of the molecule is C=Cc1ccccc1.CO[Si](N)(OC)OC. The molecule has 0 aliphatic carbocycles. The van der Waals surface area contributed by atoms with Gasteiger partial charge < -0.3 is 13.3 Å². The largest absolute Gasteiger partial charge is 0.593 e. The lowest BCUT2D eigenvalue weighted by Crippen LogP contribution is -2.52. The Balaban J connectivity index is 0.000000281. The second-order valence-electron chi connectivity index (χ2n) is 2.83. The van der Waals surface area contributed by atoms with Crippen molar-refractivity contribution in [3.63, 3.8) is 0 Å². The highest BCUT2D eigenvalue weighted by molar-refractivity contribution is 6.56. The monoisotopic (exact) mass is 241 g/mol. The minimum atomic E-state index is -2.67. The molecule has 1 aromatic carbocycles. The highest BCUT2D eigenvalue weighted by Crippen LogP contribution is 1.97. The summed E-state index contributed by atoms with van der Waals surface area (Å²) in [5, 5.41) is 5.37. The summed E-state index contributed by atoms with van der Waals surface area (Å²) in [5.74, 6) is 0. The van der Waals surface area contributed by atoms with Gasteiger partial charge in [-0.2, -0.15) is 0 Å². The molecule has 1 aromatic rings. The molecule has 0 heterocycles. The average Bonchev–Trinajstić information content (AvgIpc) is 2.39. The summed E-state index contributed by atoms with van der Waals surface area (Å²) in [5.41, 5.74) is 1.17. The molecule has 0 spiro atoms. The van der Waals surface area contributed by atoms with Crippen LogP contribution in [0.25, 0.3) is 6.08 Å². The number of rotatable bonds is 4. The van der Waals surface area contributed by atoms with Crippen molar-refractivity contribution in [1.29, 1.82) is 0 Å². The molecule has 0 saturated heterocycles. The van der Waals surface area contributed by atoms with Crippen LogP contribution in [0.5, 0.6) is 0 Å². The molecular formula is C11H19NO3Si. The third-order valence-corrected chi connectivity index (χ3v) is 3.60. The molecule has 0 saturated carbocycles. The van der Waals surface area contributed by atoms with Gasteiger partial charge in [-0.1, -0.05) is 43.0 Å². The predicted octanol–water partition coefficient (Wildman–Crippen LogP) is 1.65. The molecular weight excluding hydrogens is 222 g/mol. The van der Waals surface area contributed by atoms with E-state index in [9.17, 15) is 0 Å². The minimum absolute atomic E-state index is 1.17. The maximum Gasteiger partial charge on any atom is 0.593 e. The zero-order valence-corrected chi connectivity index (χ0v) is 11.0. The Morgan fingerprint density at radius 2 is 1.50 bits per heavy atom. The van der Waals surface area contributed by atoms with E-state index in [1.165, 1.54) is 26.9 Å². The van der Waals surface area contributed by atoms with Gasteiger partial charge in [-0.3, -0.25) is 5.40 Å². The molecule has 0 unspecified atom stereocenters. The van der Waals surface area contributed by atoms with Gasteiger partial charge >= 0.3 is 8.97 Å². The van der Waals surface area contributed by atoms with Gasteiger partial charge in [-0.05, 0) is 5.56 Å². The summed E-state index contributed by atoms with van der Waals surface area (Å²) in [4.78, 5) is 0. The van der Waals surface area contributed by atoms with Gasteiger partial charge in [-0.15, -0.1) is 0 Å². The van der Waals surface area contributed by atoms with Gasteiger partial charge in [-0.25, -0.2) is 0 Å². The van der Waals surface area contributed by atoms with E-state index in [2.05, 4.69) is 6.58 Å². The molecule has 90 valence electrons. The normalized spacial score (nSPS) is 10.2. The van der Waals surface area contributed by atoms with Crippen LogP contribution >= 0.6 is 0 Å². The second-order valence-corrected chi connectivity index (χ2v) is 5.26. The molecule has 0 fully saturated rings. The van der Waals surface area contributed by atoms with Crippen LogP contribution in [0.4, 0.5) is 0 Å². The molecule has 0 aliphatic rings. The van der Waals surface area contributed by atoms with Gasteiger partial charge in [0.1, 0.15) is 0 Å². The van der Waals surface area contributed by atoms with Crippen LogP contribution in [0.2, 0.25) is 0 Å². The average molecular weight is 241 g/mol. The van der Waals surface area contributed by atoms with Crippen molar-refractivity contribution in [3.05, 3.63) is 42.5 Å². The summed E-state index contributed by atoms with van der Waals surface area (Å²) in [6.45, 7) is 3.63. The zero-order chi connectivity index (χ0) is 12.4. The van der Waals surface area contributed by atoms with E-state index in [1.807, 2.05) is 36.4 Å². The minimum Gasteiger partial charge on any atom is -0.365 e. The van der Waals surface area contributed by atoms with Crippen LogP contribution in [-0.4, -0.2) is 30.3 Å². The van der Waals surface area contributed by atoms with Crippen molar-refractivity contribution < 1.29 is 13.3 Å². The van der Waals surface area contributed by atoms with Crippen molar-refractivity contribution in [3.8, 4) is 0 Å².